The van der Waals surface area contributed by atoms with Gasteiger partial charge in [-0.25, -0.2) is 4.39 Å². The number of hydrogen-bond acceptors (Lipinski definition) is 2. The molecule has 7 heteroatoms. The van der Waals surface area contributed by atoms with E-state index >= 15 is 0 Å². The Labute approximate surface area is 99.8 Å². The average molecular weight is 269 g/mol. The zero-order valence-corrected chi connectivity index (χ0v) is 9.18. The first-order valence-corrected chi connectivity index (χ1v) is 5.01. The molecular formula is C10H8ClF3O3. The van der Waals surface area contributed by atoms with Crippen LogP contribution in [0.15, 0.2) is 12.1 Å². The molecule has 3 nitrogen and oxygen atoms in total. The van der Waals surface area contributed by atoms with Crippen LogP contribution in [-0.2, 0) is 17.1 Å². The van der Waals surface area contributed by atoms with Crippen molar-refractivity contribution < 1.29 is 27.8 Å². The molecule has 0 aromatic heterocycles. The van der Waals surface area contributed by atoms with Gasteiger partial charge in [0.15, 0.2) is 11.6 Å². The molecule has 0 saturated carbocycles. The molecule has 0 bridgehead atoms. The Kier molecular flexibility index (Phi) is 4.62. The van der Waals surface area contributed by atoms with Crippen LogP contribution in [0.1, 0.15) is 11.1 Å². The minimum absolute atomic E-state index is 0.0823. The highest BCUT2D eigenvalue weighted by molar-refractivity contribution is 6.17. The number of halogens is 4. The van der Waals surface area contributed by atoms with E-state index < -0.39 is 30.6 Å². The predicted octanol–water partition coefficient (Wildman–Crippen LogP) is 2.79. The second-order valence-corrected chi connectivity index (χ2v) is 3.42. The zero-order valence-electron chi connectivity index (χ0n) is 8.42. The van der Waals surface area contributed by atoms with Crippen molar-refractivity contribution in [1.29, 1.82) is 0 Å². The van der Waals surface area contributed by atoms with Crippen molar-refractivity contribution in [3.05, 3.63) is 29.1 Å². The topological polar surface area (TPSA) is 46.5 Å². The number of carboxylic acid groups (broad SMARTS) is 1. The molecule has 0 unspecified atom stereocenters. The Morgan fingerprint density at radius 3 is 2.59 bits per heavy atom. The third-order valence-corrected chi connectivity index (χ3v) is 2.18. The second kappa shape index (κ2) is 5.77. The average Bonchev–Trinajstić information content (AvgIpc) is 2.21. The van der Waals surface area contributed by atoms with Gasteiger partial charge in [0.2, 0.25) is 0 Å². The van der Waals surface area contributed by atoms with E-state index in [0.717, 1.165) is 6.07 Å². The molecule has 1 aromatic carbocycles. The van der Waals surface area contributed by atoms with Crippen LogP contribution in [0.3, 0.4) is 0 Å². The summed E-state index contributed by atoms with van der Waals surface area (Å²) in [5.74, 6) is -3.14. The van der Waals surface area contributed by atoms with Crippen LogP contribution < -0.4 is 4.74 Å². The summed E-state index contributed by atoms with van der Waals surface area (Å²) in [6.45, 7) is -3.19. The van der Waals surface area contributed by atoms with Crippen molar-refractivity contribution in [2.75, 3.05) is 0 Å². The molecule has 0 radical (unpaired) electrons. The van der Waals surface area contributed by atoms with Crippen molar-refractivity contribution in [3.8, 4) is 5.75 Å². The van der Waals surface area contributed by atoms with E-state index in [1.165, 1.54) is 6.07 Å². The van der Waals surface area contributed by atoms with Gasteiger partial charge in [-0.15, -0.1) is 11.6 Å². The van der Waals surface area contributed by atoms with Crippen LogP contribution in [0.25, 0.3) is 0 Å². The van der Waals surface area contributed by atoms with E-state index in [0.29, 0.717) is 0 Å². The van der Waals surface area contributed by atoms with E-state index in [2.05, 4.69) is 4.74 Å². The molecule has 94 valence electrons. The van der Waals surface area contributed by atoms with Gasteiger partial charge < -0.3 is 9.84 Å². The van der Waals surface area contributed by atoms with Gasteiger partial charge in [-0.3, -0.25) is 4.79 Å². The van der Waals surface area contributed by atoms with Gasteiger partial charge >= 0.3 is 12.6 Å². The predicted molar refractivity (Wildman–Crippen MR) is 53.9 cm³/mol. The lowest BCUT2D eigenvalue weighted by molar-refractivity contribution is -0.136. The van der Waals surface area contributed by atoms with Crippen LogP contribution in [0.5, 0.6) is 5.75 Å². The van der Waals surface area contributed by atoms with Crippen molar-refractivity contribution in [2.24, 2.45) is 0 Å². The molecule has 1 rings (SSSR count). The lowest BCUT2D eigenvalue weighted by atomic mass is 10.1. The maximum atomic E-state index is 13.5. The van der Waals surface area contributed by atoms with Crippen molar-refractivity contribution in [3.63, 3.8) is 0 Å². The largest absolute Gasteiger partial charge is 0.481 e. The Balaban J connectivity index is 3.13. The highest BCUT2D eigenvalue weighted by Gasteiger charge is 2.16. The fraction of sp³-hybridized carbons (Fsp3) is 0.300. The van der Waals surface area contributed by atoms with Crippen LogP contribution in [-0.4, -0.2) is 17.7 Å². The summed E-state index contributed by atoms with van der Waals surface area (Å²) < 4.78 is 41.4. The Morgan fingerprint density at radius 2 is 2.12 bits per heavy atom. The maximum absolute atomic E-state index is 13.5. The van der Waals surface area contributed by atoms with E-state index in [4.69, 9.17) is 16.7 Å². The molecule has 0 saturated heterocycles. The van der Waals surface area contributed by atoms with Gasteiger partial charge in [-0.1, -0.05) is 6.07 Å². The summed E-state index contributed by atoms with van der Waals surface area (Å²) in [6.07, 6.45) is -0.427. The first kappa shape index (κ1) is 13.6. The number of benzene rings is 1. The Bertz CT molecular complexity index is 424. The third kappa shape index (κ3) is 3.81. The minimum atomic E-state index is -3.19. The van der Waals surface area contributed by atoms with Crippen LogP contribution >= 0.6 is 11.6 Å². The number of rotatable bonds is 5. The summed E-state index contributed by atoms with van der Waals surface area (Å²) >= 11 is 5.42. The Hall–Kier alpha value is -1.43. The van der Waals surface area contributed by atoms with Gasteiger partial charge in [-0.2, -0.15) is 8.78 Å². The SMILES string of the molecule is O=C(O)Cc1cc(CCl)c(F)c(OC(F)F)c1. The minimum Gasteiger partial charge on any atom is -0.481 e. The summed E-state index contributed by atoms with van der Waals surface area (Å²) in [5.41, 5.74) is 0.0614. The van der Waals surface area contributed by atoms with Gasteiger partial charge in [-0.05, 0) is 11.6 Å². The lowest BCUT2D eigenvalue weighted by Crippen LogP contribution is -2.07. The summed E-state index contributed by atoms with van der Waals surface area (Å²) in [7, 11) is 0. The number of aliphatic carboxylic acids is 1. The molecule has 1 N–H and O–H groups in total. The maximum Gasteiger partial charge on any atom is 0.387 e. The van der Waals surface area contributed by atoms with Crippen molar-refractivity contribution in [2.45, 2.75) is 18.9 Å². The van der Waals surface area contributed by atoms with Crippen molar-refractivity contribution >= 4 is 17.6 Å². The molecule has 0 aliphatic rings. The number of hydrogen-bond donors (Lipinski definition) is 1. The van der Waals surface area contributed by atoms with Crippen LogP contribution in [0.2, 0.25) is 0 Å². The van der Waals surface area contributed by atoms with E-state index in [9.17, 15) is 18.0 Å². The third-order valence-electron chi connectivity index (χ3n) is 1.89. The molecule has 17 heavy (non-hydrogen) atoms. The molecular weight excluding hydrogens is 261 g/mol. The smallest absolute Gasteiger partial charge is 0.387 e. The first-order chi connectivity index (χ1) is 7.93. The highest BCUT2D eigenvalue weighted by Crippen LogP contribution is 2.26. The summed E-state index contributed by atoms with van der Waals surface area (Å²) in [4.78, 5) is 10.5. The van der Waals surface area contributed by atoms with E-state index in [1.807, 2.05) is 0 Å². The molecule has 1 aromatic rings. The molecule has 0 aliphatic heterocycles. The van der Waals surface area contributed by atoms with Gasteiger partial charge in [0.1, 0.15) is 0 Å². The fourth-order valence-corrected chi connectivity index (χ4v) is 1.47. The zero-order chi connectivity index (χ0) is 13.0. The quantitative estimate of drug-likeness (QED) is 0.835. The van der Waals surface area contributed by atoms with Crippen molar-refractivity contribution in [1.82, 2.24) is 0 Å². The Morgan fingerprint density at radius 1 is 1.47 bits per heavy atom. The number of ether oxygens (including phenoxy) is 1. The standard InChI is InChI=1S/C10H8ClF3O3/c11-4-6-1-5(3-8(15)16)2-7(9(6)12)17-10(13)14/h1-2,10H,3-4H2,(H,15,16). The van der Waals surface area contributed by atoms with Crippen LogP contribution in [0.4, 0.5) is 13.2 Å². The molecule has 0 heterocycles. The van der Waals surface area contributed by atoms with Gasteiger partial charge in [0.25, 0.3) is 0 Å². The van der Waals surface area contributed by atoms with Gasteiger partial charge in [0.05, 0.1) is 12.3 Å². The molecule has 0 fully saturated rings. The molecule has 0 spiro atoms. The number of alkyl halides is 3. The molecule has 0 atom stereocenters. The molecule has 0 aliphatic carbocycles. The fourth-order valence-electron chi connectivity index (χ4n) is 1.27. The van der Waals surface area contributed by atoms with Gasteiger partial charge in [0, 0.05) is 5.56 Å². The van der Waals surface area contributed by atoms with E-state index in [-0.39, 0.29) is 17.0 Å². The normalized spacial score (nSPS) is 10.6. The summed E-state index contributed by atoms with van der Waals surface area (Å²) in [5, 5.41) is 8.56. The summed E-state index contributed by atoms with van der Waals surface area (Å²) in [6, 6.07) is 2.13. The highest BCUT2D eigenvalue weighted by atomic mass is 35.5. The van der Waals surface area contributed by atoms with E-state index in [1.54, 1.807) is 0 Å². The number of carbonyl (C=O) groups is 1. The monoisotopic (exact) mass is 268 g/mol. The lowest BCUT2D eigenvalue weighted by Gasteiger charge is -2.10. The second-order valence-electron chi connectivity index (χ2n) is 3.15. The first-order valence-electron chi connectivity index (χ1n) is 4.48. The van der Waals surface area contributed by atoms with Crippen LogP contribution in [0, 0.1) is 5.82 Å². The molecule has 0 amide bonds. The number of carboxylic acids is 1.